The summed E-state index contributed by atoms with van der Waals surface area (Å²) in [7, 11) is 1.47. The van der Waals surface area contributed by atoms with Crippen LogP contribution in [0.2, 0.25) is 0 Å². The largest absolute Gasteiger partial charge is 0.493 e. The van der Waals surface area contributed by atoms with Gasteiger partial charge in [-0.3, -0.25) is 9.59 Å². The summed E-state index contributed by atoms with van der Waals surface area (Å²) in [5.41, 5.74) is 0.677. The predicted molar refractivity (Wildman–Crippen MR) is 64.2 cm³/mol. The first kappa shape index (κ1) is 13.3. The van der Waals surface area contributed by atoms with Crippen LogP contribution in [0.15, 0.2) is 24.3 Å². The average molecular weight is 255 g/mol. The molecule has 90 valence electrons. The number of rotatable bonds is 4. The zero-order valence-corrected chi connectivity index (χ0v) is 10.2. The number of benzene rings is 1. The Balaban J connectivity index is 3.03. The Kier molecular flexibility index (Phi) is 4.72. The summed E-state index contributed by atoms with van der Waals surface area (Å²) >= 11 is 5.17. The monoisotopic (exact) mass is 254 g/mol. The van der Waals surface area contributed by atoms with Gasteiger partial charge in [-0.05, 0) is 35.4 Å². The predicted octanol–water partition coefficient (Wildman–Crippen LogP) is 2.40. The van der Waals surface area contributed by atoms with Crippen LogP contribution in [0, 0.1) is 0 Å². The number of ether oxygens (including phenoxy) is 2. The smallest absolute Gasteiger partial charge is 0.308 e. The van der Waals surface area contributed by atoms with E-state index in [4.69, 9.17) is 21.1 Å². The lowest BCUT2D eigenvalue weighted by molar-refractivity contribution is -0.132. The van der Waals surface area contributed by atoms with Crippen LogP contribution in [0.3, 0.4) is 0 Å². The third kappa shape index (κ3) is 4.28. The van der Waals surface area contributed by atoms with Crippen molar-refractivity contribution in [2.24, 2.45) is 0 Å². The van der Waals surface area contributed by atoms with Crippen molar-refractivity contribution in [1.82, 2.24) is 0 Å². The van der Waals surface area contributed by atoms with E-state index in [1.54, 1.807) is 18.2 Å². The Bertz CT molecular complexity index is 466. The summed E-state index contributed by atoms with van der Waals surface area (Å²) in [6, 6.07) is 4.93. The van der Waals surface area contributed by atoms with Gasteiger partial charge in [-0.1, -0.05) is 12.1 Å². The van der Waals surface area contributed by atoms with Crippen LogP contribution in [0.25, 0.3) is 6.08 Å². The maximum absolute atomic E-state index is 10.9. The van der Waals surface area contributed by atoms with Gasteiger partial charge >= 0.3 is 5.97 Å². The Labute approximate surface area is 104 Å². The minimum atomic E-state index is -0.574. The van der Waals surface area contributed by atoms with Gasteiger partial charge in [-0.15, -0.1) is 0 Å². The average Bonchev–Trinajstić information content (AvgIpc) is 2.25. The Morgan fingerprint density at radius 1 is 1.29 bits per heavy atom. The number of hydrogen-bond acceptors (Lipinski definition) is 4. The minimum Gasteiger partial charge on any atom is -0.493 e. The molecule has 0 heterocycles. The first-order chi connectivity index (χ1) is 8.02. The van der Waals surface area contributed by atoms with Gasteiger partial charge in [0, 0.05) is 6.92 Å². The molecule has 0 aliphatic heterocycles. The SMILES string of the molecule is COc1ccc(C=CC(=O)Cl)cc1OC(C)=O. The number of halogens is 1. The molecule has 0 unspecified atom stereocenters. The number of esters is 1. The second-order valence-electron chi connectivity index (χ2n) is 3.14. The van der Waals surface area contributed by atoms with Gasteiger partial charge in [-0.2, -0.15) is 0 Å². The third-order valence-electron chi connectivity index (χ3n) is 1.85. The van der Waals surface area contributed by atoms with Gasteiger partial charge in [-0.25, -0.2) is 0 Å². The van der Waals surface area contributed by atoms with Crippen LogP contribution in [-0.4, -0.2) is 18.3 Å². The molecule has 1 rings (SSSR count). The summed E-state index contributed by atoms with van der Waals surface area (Å²) in [5.74, 6) is 0.288. The van der Waals surface area contributed by atoms with Crippen molar-refractivity contribution in [2.45, 2.75) is 6.92 Å². The molecule has 5 heteroatoms. The van der Waals surface area contributed by atoms with Crippen LogP contribution >= 0.6 is 11.6 Å². The highest BCUT2D eigenvalue weighted by atomic mass is 35.5. The lowest BCUT2D eigenvalue weighted by atomic mass is 10.2. The van der Waals surface area contributed by atoms with Crippen molar-refractivity contribution < 1.29 is 19.1 Å². The van der Waals surface area contributed by atoms with Crippen molar-refractivity contribution in [3.8, 4) is 11.5 Å². The molecule has 0 aliphatic carbocycles. The Morgan fingerprint density at radius 2 is 2.00 bits per heavy atom. The Morgan fingerprint density at radius 3 is 2.53 bits per heavy atom. The van der Waals surface area contributed by atoms with Crippen LogP contribution in [-0.2, 0) is 9.59 Å². The number of hydrogen-bond donors (Lipinski definition) is 0. The van der Waals surface area contributed by atoms with Crippen LogP contribution in [0.5, 0.6) is 11.5 Å². The summed E-state index contributed by atoms with van der Waals surface area (Å²) in [4.78, 5) is 21.5. The van der Waals surface area contributed by atoms with Crippen LogP contribution in [0.4, 0.5) is 0 Å². The molecule has 17 heavy (non-hydrogen) atoms. The molecule has 0 atom stereocenters. The molecule has 0 spiro atoms. The normalized spacial score (nSPS) is 10.3. The fourth-order valence-electron chi connectivity index (χ4n) is 1.19. The van der Waals surface area contributed by atoms with E-state index in [0.717, 1.165) is 0 Å². The molecule has 0 saturated carbocycles. The maximum atomic E-state index is 10.9. The van der Waals surface area contributed by atoms with Gasteiger partial charge in [0.1, 0.15) is 0 Å². The second kappa shape index (κ2) is 6.06. The number of allylic oxidation sites excluding steroid dienone is 1. The molecule has 1 aromatic carbocycles. The summed E-state index contributed by atoms with van der Waals surface area (Å²) in [6.07, 6.45) is 2.72. The first-order valence-electron chi connectivity index (χ1n) is 4.77. The van der Waals surface area contributed by atoms with E-state index >= 15 is 0 Å². The highest BCUT2D eigenvalue weighted by Gasteiger charge is 2.07. The fraction of sp³-hybridized carbons (Fsp3) is 0.167. The van der Waals surface area contributed by atoms with E-state index < -0.39 is 11.2 Å². The first-order valence-corrected chi connectivity index (χ1v) is 5.14. The van der Waals surface area contributed by atoms with Gasteiger partial charge in [0.2, 0.25) is 5.24 Å². The van der Waals surface area contributed by atoms with Crippen molar-refractivity contribution in [2.75, 3.05) is 7.11 Å². The quantitative estimate of drug-likeness (QED) is 0.358. The van der Waals surface area contributed by atoms with Crippen molar-refractivity contribution in [3.63, 3.8) is 0 Å². The van der Waals surface area contributed by atoms with Crippen molar-refractivity contribution >= 4 is 28.9 Å². The lowest BCUT2D eigenvalue weighted by Gasteiger charge is -2.08. The van der Waals surface area contributed by atoms with Gasteiger partial charge in [0.15, 0.2) is 11.5 Å². The highest BCUT2D eigenvalue weighted by Crippen LogP contribution is 2.28. The fourth-order valence-corrected chi connectivity index (χ4v) is 1.26. The number of carbonyl (C=O) groups excluding carboxylic acids is 2. The molecule has 0 saturated heterocycles. The van der Waals surface area contributed by atoms with Crippen LogP contribution in [0.1, 0.15) is 12.5 Å². The lowest BCUT2D eigenvalue weighted by Crippen LogP contribution is -2.03. The van der Waals surface area contributed by atoms with E-state index in [9.17, 15) is 9.59 Å². The van der Waals surface area contributed by atoms with Gasteiger partial charge < -0.3 is 9.47 Å². The van der Waals surface area contributed by atoms with Crippen molar-refractivity contribution in [3.05, 3.63) is 29.8 Å². The molecular weight excluding hydrogens is 244 g/mol. The standard InChI is InChI=1S/C12H11ClO4/c1-8(14)17-11-7-9(4-6-12(13)15)3-5-10(11)16-2/h3-7H,1-2H3. The number of methoxy groups -OCH3 is 1. The zero-order chi connectivity index (χ0) is 12.8. The number of carbonyl (C=O) groups is 2. The molecule has 0 aliphatic rings. The molecule has 0 bridgehead atoms. The maximum Gasteiger partial charge on any atom is 0.308 e. The van der Waals surface area contributed by atoms with E-state index in [1.807, 2.05) is 0 Å². The molecular formula is C12H11ClO4. The summed E-state index contributed by atoms with van der Waals surface area (Å²) < 4.78 is 10.0. The molecule has 1 aromatic rings. The third-order valence-corrected chi connectivity index (χ3v) is 1.97. The van der Waals surface area contributed by atoms with E-state index in [1.165, 1.54) is 26.2 Å². The van der Waals surface area contributed by atoms with Gasteiger partial charge in [0.05, 0.1) is 7.11 Å². The molecule has 0 N–H and O–H groups in total. The summed E-state index contributed by atoms with van der Waals surface area (Å²) in [6.45, 7) is 1.30. The van der Waals surface area contributed by atoms with E-state index in [0.29, 0.717) is 17.1 Å². The Hall–Kier alpha value is -1.81. The van der Waals surface area contributed by atoms with Crippen LogP contribution < -0.4 is 9.47 Å². The van der Waals surface area contributed by atoms with E-state index in [-0.39, 0.29) is 0 Å². The van der Waals surface area contributed by atoms with Crippen molar-refractivity contribution in [1.29, 1.82) is 0 Å². The zero-order valence-electron chi connectivity index (χ0n) is 9.40. The summed E-state index contributed by atoms with van der Waals surface area (Å²) in [5, 5.41) is -0.574. The molecule has 0 aromatic heterocycles. The topological polar surface area (TPSA) is 52.6 Å². The molecule has 4 nitrogen and oxygen atoms in total. The molecule has 0 fully saturated rings. The second-order valence-corrected chi connectivity index (χ2v) is 3.51. The minimum absolute atomic E-state index is 0.296. The molecule has 0 radical (unpaired) electrons. The van der Waals surface area contributed by atoms with Gasteiger partial charge in [0.25, 0.3) is 0 Å². The molecule has 0 amide bonds. The highest BCUT2D eigenvalue weighted by molar-refractivity contribution is 6.66. The van der Waals surface area contributed by atoms with E-state index in [2.05, 4.69) is 0 Å².